The van der Waals surface area contributed by atoms with Crippen molar-refractivity contribution in [1.29, 1.82) is 5.26 Å². The summed E-state index contributed by atoms with van der Waals surface area (Å²) < 4.78 is 5.59. The summed E-state index contributed by atoms with van der Waals surface area (Å²) >= 11 is 0.927. The Bertz CT molecular complexity index is 438. The minimum atomic E-state index is -0.765. The van der Waals surface area contributed by atoms with Crippen LogP contribution in [-0.2, 0) is 11.8 Å². The second-order valence-electron chi connectivity index (χ2n) is 2.20. The highest BCUT2D eigenvalue weighted by molar-refractivity contribution is 7.07. The number of hydrogen-bond donors (Lipinski definition) is 0. The van der Waals surface area contributed by atoms with E-state index < -0.39 is 11.5 Å². The maximum absolute atomic E-state index is 11.3. The fourth-order valence-corrected chi connectivity index (χ4v) is 1.59. The number of carbonyl (C=O) groups excluding carboxylic acids is 1. The van der Waals surface area contributed by atoms with Crippen LogP contribution in [0.5, 0.6) is 0 Å². The van der Waals surface area contributed by atoms with Crippen molar-refractivity contribution in [3.05, 3.63) is 20.8 Å². The molecule has 0 unspecified atom stereocenters. The minimum absolute atomic E-state index is 0.0827. The van der Waals surface area contributed by atoms with Crippen molar-refractivity contribution >= 4 is 17.5 Å². The summed E-state index contributed by atoms with van der Waals surface area (Å²) in [5.41, 5.74) is -0.675. The fraction of sp³-hybridized carbons (Fsp3) is 0.286. The largest absolute Gasteiger partial charge is 0.465 e. The van der Waals surface area contributed by atoms with Crippen LogP contribution in [0.2, 0.25) is 0 Å². The van der Waals surface area contributed by atoms with E-state index in [4.69, 9.17) is 5.26 Å². The Morgan fingerprint density at radius 1 is 1.69 bits per heavy atom. The summed E-state index contributed by atoms with van der Waals surface area (Å²) in [4.78, 5) is 22.4. The Morgan fingerprint density at radius 2 is 2.31 bits per heavy atom. The van der Waals surface area contributed by atoms with Gasteiger partial charge in [-0.3, -0.25) is 8.75 Å². The van der Waals surface area contributed by atoms with Gasteiger partial charge in [0.1, 0.15) is 10.9 Å². The number of esters is 1. The van der Waals surface area contributed by atoms with Crippen molar-refractivity contribution in [2.45, 2.75) is 0 Å². The van der Waals surface area contributed by atoms with Crippen LogP contribution in [0, 0.1) is 11.3 Å². The third-order valence-electron chi connectivity index (χ3n) is 1.45. The molecule has 0 aliphatic carbocycles. The zero-order chi connectivity index (χ0) is 10.0. The van der Waals surface area contributed by atoms with E-state index in [0.717, 1.165) is 11.5 Å². The van der Waals surface area contributed by atoms with Gasteiger partial charge in [-0.2, -0.15) is 5.26 Å². The molecule has 0 aliphatic rings. The molecule has 13 heavy (non-hydrogen) atoms. The predicted octanol–water partition coefficient (Wildman–Crippen LogP) is 0.105. The van der Waals surface area contributed by atoms with Crippen molar-refractivity contribution in [3.63, 3.8) is 0 Å². The smallest absolute Gasteiger partial charge is 0.345 e. The monoisotopic (exact) mass is 198 g/mol. The van der Waals surface area contributed by atoms with Crippen LogP contribution >= 0.6 is 11.5 Å². The quantitative estimate of drug-likeness (QED) is 0.600. The van der Waals surface area contributed by atoms with Gasteiger partial charge in [0.15, 0.2) is 5.56 Å². The van der Waals surface area contributed by atoms with Gasteiger partial charge in [-0.15, -0.1) is 0 Å². The molecule has 0 amide bonds. The Morgan fingerprint density at radius 3 is 2.77 bits per heavy atom. The SMILES string of the molecule is COC(=O)c1c(C#N)sn(C)c1=O. The lowest BCUT2D eigenvalue weighted by Crippen LogP contribution is -2.19. The summed E-state index contributed by atoms with van der Waals surface area (Å²) in [7, 11) is 2.65. The van der Waals surface area contributed by atoms with Crippen LogP contribution in [0.3, 0.4) is 0 Å². The van der Waals surface area contributed by atoms with Gasteiger partial charge in [0.25, 0.3) is 5.56 Å². The number of nitriles is 1. The van der Waals surface area contributed by atoms with Crippen LogP contribution in [0.25, 0.3) is 0 Å². The number of ether oxygens (including phenoxy) is 1. The first kappa shape index (κ1) is 9.48. The molecule has 1 rings (SSSR count). The average Bonchev–Trinajstić information content (AvgIpc) is 2.42. The van der Waals surface area contributed by atoms with E-state index >= 15 is 0 Å². The summed E-state index contributed by atoms with van der Waals surface area (Å²) in [6.07, 6.45) is 0. The first-order valence-corrected chi connectivity index (χ1v) is 4.08. The van der Waals surface area contributed by atoms with Gasteiger partial charge < -0.3 is 4.74 Å². The van der Waals surface area contributed by atoms with Crippen LogP contribution in [-0.4, -0.2) is 17.0 Å². The van der Waals surface area contributed by atoms with Crippen molar-refractivity contribution in [1.82, 2.24) is 3.96 Å². The second kappa shape index (κ2) is 3.41. The molecule has 0 spiro atoms. The molecule has 0 N–H and O–H groups in total. The maximum Gasteiger partial charge on any atom is 0.345 e. The molecule has 0 radical (unpaired) electrons. The molecule has 68 valence electrons. The zero-order valence-corrected chi connectivity index (χ0v) is 7.84. The lowest BCUT2D eigenvalue weighted by molar-refractivity contribution is 0.0599. The van der Waals surface area contributed by atoms with Gasteiger partial charge in [-0.05, 0) is 11.5 Å². The Labute approximate surface area is 77.9 Å². The highest BCUT2D eigenvalue weighted by Crippen LogP contribution is 2.10. The number of methoxy groups -OCH3 is 1. The molecule has 0 bridgehead atoms. The normalized spacial score (nSPS) is 9.31. The van der Waals surface area contributed by atoms with Crippen molar-refractivity contribution < 1.29 is 9.53 Å². The molecule has 0 aliphatic heterocycles. The molecular weight excluding hydrogens is 192 g/mol. The van der Waals surface area contributed by atoms with Gasteiger partial charge in [-0.1, -0.05) is 0 Å². The van der Waals surface area contributed by atoms with E-state index in [0.29, 0.717) is 0 Å². The molecule has 0 aromatic carbocycles. The molecule has 1 aromatic rings. The molecule has 0 saturated carbocycles. The van der Waals surface area contributed by atoms with Crippen molar-refractivity contribution in [2.75, 3.05) is 7.11 Å². The summed E-state index contributed by atoms with van der Waals surface area (Å²) in [6.45, 7) is 0. The number of nitrogens with zero attached hydrogens (tertiary/aromatic N) is 2. The van der Waals surface area contributed by atoms with E-state index in [2.05, 4.69) is 4.74 Å². The van der Waals surface area contributed by atoms with E-state index in [1.165, 1.54) is 18.1 Å². The Kier molecular flexibility index (Phi) is 2.49. The number of aromatic nitrogens is 1. The highest BCUT2D eigenvalue weighted by atomic mass is 32.1. The summed E-state index contributed by atoms with van der Waals surface area (Å²) in [6, 6.07) is 1.77. The van der Waals surface area contributed by atoms with Crippen molar-refractivity contribution in [3.8, 4) is 6.07 Å². The molecule has 1 heterocycles. The molecule has 1 aromatic heterocycles. The fourth-order valence-electron chi connectivity index (χ4n) is 0.837. The lowest BCUT2D eigenvalue weighted by Gasteiger charge is -1.91. The van der Waals surface area contributed by atoms with E-state index in [9.17, 15) is 9.59 Å². The Hall–Kier alpha value is -1.61. The first-order chi connectivity index (χ1) is 6.11. The predicted molar refractivity (Wildman–Crippen MR) is 45.6 cm³/mol. The molecule has 5 nitrogen and oxygen atoms in total. The van der Waals surface area contributed by atoms with Crippen LogP contribution in [0.15, 0.2) is 4.79 Å². The standard InChI is InChI=1S/C7H6N2O3S/c1-9-6(10)5(7(11)12-2)4(3-8)13-9/h1-2H3. The second-order valence-corrected chi connectivity index (χ2v) is 3.34. The van der Waals surface area contributed by atoms with Gasteiger partial charge in [0, 0.05) is 7.05 Å². The van der Waals surface area contributed by atoms with Gasteiger partial charge in [0.05, 0.1) is 7.11 Å². The lowest BCUT2D eigenvalue weighted by atomic mass is 10.3. The van der Waals surface area contributed by atoms with Gasteiger partial charge in [-0.25, -0.2) is 4.79 Å². The summed E-state index contributed by atoms with van der Waals surface area (Å²) in [5, 5.41) is 8.60. The van der Waals surface area contributed by atoms with Crippen LogP contribution < -0.4 is 5.56 Å². The van der Waals surface area contributed by atoms with Gasteiger partial charge in [0.2, 0.25) is 0 Å². The topological polar surface area (TPSA) is 72.1 Å². The molecule has 0 atom stereocenters. The number of hydrogen-bond acceptors (Lipinski definition) is 5. The maximum atomic E-state index is 11.3. The number of rotatable bonds is 1. The molecular formula is C7H6N2O3S. The minimum Gasteiger partial charge on any atom is -0.465 e. The third kappa shape index (κ3) is 1.46. The van der Waals surface area contributed by atoms with E-state index in [-0.39, 0.29) is 10.4 Å². The van der Waals surface area contributed by atoms with Crippen LogP contribution in [0.4, 0.5) is 0 Å². The van der Waals surface area contributed by atoms with Crippen LogP contribution in [0.1, 0.15) is 15.2 Å². The third-order valence-corrected chi connectivity index (χ3v) is 2.36. The number of aryl methyl sites for hydroxylation is 1. The number of carbonyl (C=O) groups is 1. The molecule has 0 fully saturated rings. The Balaban J connectivity index is 3.43. The van der Waals surface area contributed by atoms with Gasteiger partial charge >= 0.3 is 5.97 Å². The first-order valence-electron chi connectivity index (χ1n) is 3.30. The summed E-state index contributed by atoms with van der Waals surface area (Å²) in [5.74, 6) is -0.765. The van der Waals surface area contributed by atoms with Crippen molar-refractivity contribution in [2.24, 2.45) is 7.05 Å². The molecule has 0 saturated heterocycles. The average molecular weight is 198 g/mol. The zero-order valence-electron chi connectivity index (χ0n) is 7.03. The molecule has 6 heteroatoms. The van der Waals surface area contributed by atoms with E-state index in [1.54, 1.807) is 6.07 Å². The highest BCUT2D eigenvalue weighted by Gasteiger charge is 2.20. The van der Waals surface area contributed by atoms with E-state index in [1.807, 2.05) is 0 Å².